The Bertz CT molecular complexity index is 340. The van der Waals surface area contributed by atoms with Gasteiger partial charge in [-0.1, -0.05) is 29.3 Å². The van der Waals surface area contributed by atoms with Gasteiger partial charge in [-0.05, 0) is 26.0 Å². The highest BCUT2D eigenvalue weighted by atomic mass is 16.4. The molecule has 0 spiro atoms. The van der Waals surface area contributed by atoms with Crippen LogP contribution in [-0.4, -0.2) is 17.6 Å². The Morgan fingerprint density at radius 3 is 2.27 bits per heavy atom. The minimum absolute atomic E-state index is 0.0823. The summed E-state index contributed by atoms with van der Waals surface area (Å²) in [5, 5.41) is 8.76. The maximum Gasteiger partial charge on any atom is 0.304 e. The molecule has 1 rings (SSSR count). The van der Waals surface area contributed by atoms with Crippen LogP contribution in [0.15, 0.2) is 18.2 Å². The van der Waals surface area contributed by atoms with E-state index in [1.807, 2.05) is 26.0 Å². The number of carboxylic acids is 1. The van der Waals surface area contributed by atoms with E-state index in [0.29, 0.717) is 6.54 Å². The molecule has 1 aromatic carbocycles. The lowest BCUT2D eigenvalue weighted by Gasteiger charge is -2.14. The van der Waals surface area contributed by atoms with Crippen LogP contribution in [0.1, 0.15) is 29.0 Å². The predicted octanol–water partition coefficient (Wildman–Crippen LogP) is 1.82. The summed E-state index contributed by atoms with van der Waals surface area (Å²) < 4.78 is 0. The number of rotatable bonds is 4. The van der Waals surface area contributed by atoms with Crippen LogP contribution >= 0.6 is 0 Å². The average Bonchev–Trinajstić information content (AvgIpc) is 2.12. The molecule has 0 aromatic heterocycles. The average molecular weight is 207 g/mol. The quantitative estimate of drug-likeness (QED) is 0.791. The number of carboxylic acid groups (broad SMARTS) is 1. The molecule has 0 amide bonds. The lowest BCUT2D eigenvalue weighted by Crippen LogP contribution is -2.16. The van der Waals surface area contributed by atoms with Gasteiger partial charge >= 0.3 is 5.97 Å². The first-order valence-electron chi connectivity index (χ1n) is 5.03. The van der Waals surface area contributed by atoms with Crippen LogP contribution in [0.2, 0.25) is 0 Å². The number of hydrogen-bond donors (Lipinski definition) is 2. The van der Waals surface area contributed by atoms with Crippen LogP contribution in [-0.2, 0) is 4.79 Å². The number of hydrogen-bond acceptors (Lipinski definition) is 2. The monoisotopic (exact) mass is 207 g/mol. The number of aryl methyl sites for hydroxylation is 2. The highest BCUT2D eigenvalue weighted by Gasteiger charge is 2.14. The smallest absolute Gasteiger partial charge is 0.304 e. The van der Waals surface area contributed by atoms with Gasteiger partial charge in [0.05, 0.1) is 6.42 Å². The van der Waals surface area contributed by atoms with Crippen LogP contribution < -0.4 is 5.73 Å². The zero-order chi connectivity index (χ0) is 11.4. The Kier molecular flexibility index (Phi) is 3.86. The van der Waals surface area contributed by atoms with Crippen molar-refractivity contribution in [2.75, 3.05) is 6.54 Å². The molecule has 3 N–H and O–H groups in total. The lowest BCUT2D eigenvalue weighted by molar-refractivity contribution is -0.137. The molecule has 1 aromatic rings. The first kappa shape index (κ1) is 11.7. The second-order valence-electron chi connectivity index (χ2n) is 3.95. The zero-order valence-corrected chi connectivity index (χ0v) is 9.16. The third-order valence-electron chi connectivity index (χ3n) is 2.42. The largest absolute Gasteiger partial charge is 0.481 e. The van der Waals surface area contributed by atoms with E-state index in [0.717, 1.165) is 16.7 Å². The van der Waals surface area contributed by atoms with Crippen molar-refractivity contribution in [2.24, 2.45) is 5.73 Å². The van der Waals surface area contributed by atoms with Crippen molar-refractivity contribution < 1.29 is 9.90 Å². The Morgan fingerprint density at radius 2 is 1.87 bits per heavy atom. The Balaban J connectivity index is 2.95. The van der Waals surface area contributed by atoms with Gasteiger partial charge in [0.1, 0.15) is 0 Å². The topological polar surface area (TPSA) is 63.3 Å². The molecule has 0 radical (unpaired) electrons. The fraction of sp³-hybridized carbons (Fsp3) is 0.417. The molecule has 0 saturated heterocycles. The van der Waals surface area contributed by atoms with E-state index in [-0.39, 0.29) is 12.3 Å². The van der Waals surface area contributed by atoms with Gasteiger partial charge in [-0.15, -0.1) is 0 Å². The normalized spacial score (nSPS) is 12.5. The van der Waals surface area contributed by atoms with Gasteiger partial charge in [-0.3, -0.25) is 4.79 Å². The van der Waals surface area contributed by atoms with E-state index in [9.17, 15) is 4.79 Å². The molecular weight excluding hydrogens is 190 g/mol. The van der Waals surface area contributed by atoms with Crippen molar-refractivity contribution in [2.45, 2.75) is 26.2 Å². The molecule has 0 fully saturated rings. The van der Waals surface area contributed by atoms with Crippen molar-refractivity contribution >= 4 is 5.97 Å². The fourth-order valence-corrected chi connectivity index (χ4v) is 1.79. The SMILES string of the molecule is Cc1cc(C)cc(C(CN)CC(=O)O)c1. The summed E-state index contributed by atoms with van der Waals surface area (Å²) in [5.41, 5.74) is 8.91. The predicted molar refractivity (Wildman–Crippen MR) is 60.0 cm³/mol. The van der Waals surface area contributed by atoms with Crippen LogP contribution in [0.25, 0.3) is 0 Å². The molecule has 15 heavy (non-hydrogen) atoms. The first-order chi connectivity index (χ1) is 7.02. The van der Waals surface area contributed by atoms with Gasteiger partial charge in [0.2, 0.25) is 0 Å². The summed E-state index contributed by atoms with van der Waals surface area (Å²) >= 11 is 0. The van der Waals surface area contributed by atoms with E-state index < -0.39 is 5.97 Å². The van der Waals surface area contributed by atoms with Gasteiger partial charge in [0.15, 0.2) is 0 Å². The Morgan fingerprint density at radius 1 is 1.33 bits per heavy atom. The van der Waals surface area contributed by atoms with Crippen molar-refractivity contribution in [1.29, 1.82) is 0 Å². The maximum absolute atomic E-state index is 10.7. The van der Waals surface area contributed by atoms with Crippen LogP contribution in [0.5, 0.6) is 0 Å². The minimum Gasteiger partial charge on any atom is -0.481 e. The number of nitrogens with two attached hydrogens (primary N) is 1. The van der Waals surface area contributed by atoms with Crippen LogP contribution in [0, 0.1) is 13.8 Å². The molecule has 0 aliphatic carbocycles. The Labute approximate surface area is 89.9 Å². The zero-order valence-electron chi connectivity index (χ0n) is 9.16. The van der Waals surface area contributed by atoms with E-state index in [1.165, 1.54) is 0 Å². The molecule has 1 unspecified atom stereocenters. The molecule has 0 aliphatic rings. The van der Waals surface area contributed by atoms with Gasteiger partial charge in [-0.25, -0.2) is 0 Å². The summed E-state index contributed by atoms with van der Waals surface area (Å²) in [6.45, 7) is 4.38. The van der Waals surface area contributed by atoms with Crippen LogP contribution in [0.3, 0.4) is 0 Å². The second kappa shape index (κ2) is 4.94. The lowest BCUT2D eigenvalue weighted by atomic mass is 9.93. The molecule has 1 atom stereocenters. The molecule has 82 valence electrons. The fourth-order valence-electron chi connectivity index (χ4n) is 1.79. The number of carbonyl (C=O) groups is 1. The van der Waals surface area contributed by atoms with Gasteiger partial charge in [0, 0.05) is 5.92 Å². The van der Waals surface area contributed by atoms with E-state index in [1.54, 1.807) is 0 Å². The first-order valence-corrected chi connectivity index (χ1v) is 5.03. The molecule has 0 heterocycles. The third-order valence-corrected chi connectivity index (χ3v) is 2.42. The van der Waals surface area contributed by atoms with Gasteiger partial charge < -0.3 is 10.8 Å². The van der Waals surface area contributed by atoms with Gasteiger partial charge in [0.25, 0.3) is 0 Å². The summed E-state index contributed by atoms with van der Waals surface area (Å²) in [6, 6.07) is 6.08. The molecule has 0 aliphatic heterocycles. The summed E-state index contributed by atoms with van der Waals surface area (Å²) in [7, 11) is 0. The highest BCUT2D eigenvalue weighted by Crippen LogP contribution is 2.21. The minimum atomic E-state index is -0.801. The molecule has 0 bridgehead atoms. The van der Waals surface area contributed by atoms with Crippen molar-refractivity contribution in [3.63, 3.8) is 0 Å². The molecular formula is C12H17NO2. The molecule has 3 nitrogen and oxygen atoms in total. The molecule has 0 saturated carbocycles. The highest BCUT2D eigenvalue weighted by molar-refractivity contribution is 5.68. The third kappa shape index (κ3) is 3.36. The van der Waals surface area contributed by atoms with Gasteiger partial charge in [-0.2, -0.15) is 0 Å². The summed E-state index contributed by atoms with van der Waals surface area (Å²) in [5.74, 6) is -0.884. The van der Waals surface area contributed by atoms with E-state index in [2.05, 4.69) is 6.07 Å². The van der Waals surface area contributed by atoms with Crippen molar-refractivity contribution in [3.8, 4) is 0 Å². The van der Waals surface area contributed by atoms with E-state index >= 15 is 0 Å². The Hall–Kier alpha value is -1.35. The van der Waals surface area contributed by atoms with Crippen molar-refractivity contribution in [3.05, 3.63) is 34.9 Å². The summed E-state index contributed by atoms with van der Waals surface area (Å²) in [4.78, 5) is 10.7. The summed E-state index contributed by atoms with van der Waals surface area (Å²) in [6.07, 6.45) is 0.0966. The molecule has 3 heteroatoms. The standard InChI is InChI=1S/C12H17NO2/c1-8-3-9(2)5-10(4-8)11(7-13)6-12(14)15/h3-5,11H,6-7,13H2,1-2H3,(H,14,15). The number of aliphatic carboxylic acids is 1. The van der Waals surface area contributed by atoms with Crippen molar-refractivity contribution in [1.82, 2.24) is 0 Å². The maximum atomic E-state index is 10.7. The number of benzene rings is 1. The van der Waals surface area contributed by atoms with E-state index in [4.69, 9.17) is 10.8 Å². The van der Waals surface area contributed by atoms with Crippen LogP contribution in [0.4, 0.5) is 0 Å². The second-order valence-corrected chi connectivity index (χ2v) is 3.95.